The van der Waals surface area contributed by atoms with Gasteiger partial charge in [0, 0.05) is 29.1 Å². The fourth-order valence-corrected chi connectivity index (χ4v) is 3.39. The summed E-state index contributed by atoms with van der Waals surface area (Å²) in [5.74, 6) is -0.186. The average molecular weight is 350 g/mol. The van der Waals surface area contributed by atoms with E-state index < -0.39 is 6.04 Å². The zero-order valence-corrected chi connectivity index (χ0v) is 14.2. The first-order valence-corrected chi connectivity index (χ1v) is 8.49. The molecule has 23 heavy (non-hydrogen) atoms. The Balaban J connectivity index is 1.71. The smallest absolute Gasteiger partial charge is 0.248 e. The van der Waals surface area contributed by atoms with E-state index in [4.69, 9.17) is 11.6 Å². The number of nitrogens with one attached hydrogen (secondary N) is 1. The Morgan fingerprint density at radius 1 is 1.43 bits per heavy atom. The van der Waals surface area contributed by atoms with Crippen molar-refractivity contribution in [3.05, 3.63) is 45.9 Å². The van der Waals surface area contributed by atoms with Gasteiger partial charge in [-0.15, -0.1) is 11.3 Å². The summed E-state index contributed by atoms with van der Waals surface area (Å²) in [5.41, 5.74) is 0.951. The van der Waals surface area contributed by atoms with Crippen molar-refractivity contribution >= 4 is 39.9 Å². The molecule has 1 aliphatic heterocycles. The highest BCUT2D eigenvalue weighted by Crippen LogP contribution is 2.24. The minimum atomic E-state index is -0.456. The van der Waals surface area contributed by atoms with Crippen LogP contribution < -0.4 is 5.32 Å². The van der Waals surface area contributed by atoms with Crippen LogP contribution in [0.2, 0.25) is 5.02 Å². The zero-order valence-electron chi connectivity index (χ0n) is 12.6. The topological polar surface area (TPSA) is 62.3 Å². The largest absolute Gasteiger partial charge is 0.326 e. The lowest BCUT2D eigenvalue weighted by Crippen LogP contribution is -2.41. The number of thiazole rings is 1. The van der Waals surface area contributed by atoms with Crippen LogP contribution in [0, 0.1) is 6.92 Å². The highest BCUT2D eigenvalue weighted by atomic mass is 35.5. The number of hydrogen-bond acceptors (Lipinski definition) is 4. The third-order valence-corrected chi connectivity index (χ3v) is 4.83. The van der Waals surface area contributed by atoms with Crippen molar-refractivity contribution in [3.63, 3.8) is 0 Å². The molecule has 1 aromatic heterocycles. The van der Waals surface area contributed by atoms with Crippen molar-refractivity contribution in [1.82, 2.24) is 9.88 Å². The van der Waals surface area contributed by atoms with Gasteiger partial charge in [0.15, 0.2) is 5.13 Å². The van der Waals surface area contributed by atoms with Crippen molar-refractivity contribution < 1.29 is 9.59 Å². The zero-order chi connectivity index (χ0) is 16.4. The Bertz CT molecular complexity index is 729. The molecule has 1 fully saturated rings. The van der Waals surface area contributed by atoms with Crippen molar-refractivity contribution in [2.45, 2.75) is 32.4 Å². The van der Waals surface area contributed by atoms with Gasteiger partial charge in [-0.3, -0.25) is 9.59 Å². The van der Waals surface area contributed by atoms with E-state index in [1.165, 1.54) is 11.3 Å². The Hall–Kier alpha value is -1.92. The molecule has 2 heterocycles. The van der Waals surface area contributed by atoms with Crippen molar-refractivity contribution in [2.24, 2.45) is 0 Å². The molecule has 0 aliphatic carbocycles. The maximum absolute atomic E-state index is 12.5. The van der Waals surface area contributed by atoms with E-state index >= 15 is 0 Å². The maximum atomic E-state index is 12.5. The number of benzene rings is 1. The molecule has 0 saturated carbocycles. The predicted octanol–water partition coefficient (Wildman–Crippen LogP) is 3.23. The summed E-state index contributed by atoms with van der Waals surface area (Å²) in [6, 6.07) is 6.85. The van der Waals surface area contributed by atoms with Gasteiger partial charge in [0.25, 0.3) is 0 Å². The molecule has 1 aliphatic rings. The van der Waals surface area contributed by atoms with Crippen molar-refractivity contribution in [3.8, 4) is 0 Å². The second-order valence-corrected chi connectivity index (χ2v) is 7.14. The van der Waals surface area contributed by atoms with Gasteiger partial charge in [-0.25, -0.2) is 4.98 Å². The molecule has 2 aromatic rings. The quantitative estimate of drug-likeness (QED) is 0.921. The summed E-state index contributed by atoms with van der Waals surface area (Å²) >= 11 is 7.30. The van der Waals surface area contributed by atoms with E-state index in [1.54, 1.807) is 23.2 Å². The standard InChI is InChI=1S/C16H16ClN3O2S/c1-10-8-18-16(23-10)19-15(22)13-6-7-14(21)20(13)9-11-2-4-12(17)5-3-11/h2-5,8,13H,6-7,9H2,1H3,(H,18,19,22)/t13-/m0/s1. The van der Waals surface area contributed by atoms with Crippen LogP contribution in [-0.2, 0) is 16.1 Å². The van der Waals surface area contributed by atoms with E-state index in [9.17, 15) is 9.59 Å². The number of carbonyl (C=O) groups excluding carboxylic acids is 2. The van der Waals surface area contributed by atoms with E-state index in [-0.39, 0.29) is 11.8 Å². The first-order valence-electron chi connectivity index (χ1n) is 7.30. The maximum Gasteiger partial charge on any atom is 0.248 e. The second kappa shape index (κ2) is 6.68. The van der Waals surface area contributed by atoms with Crippen molar-refractivity contribution in [2.75, 3.05) is 5.32 Å². The van der Waals surface area contributed by atoms with Gasteiger partial charge in [0.05, 0.1) is 0 Å². The number of nitrogens with zero attached hydrogens (tertiary/aromatic N) is 2. The van der Waals surface area contributed by atoms with Crippen LogP contribution in [0.4, 0.5) is 5.13 Å². The van der Waals surface area contributed by atoms with Crippen LogP contribution >= 0.6 is 22.9 Å². The fraction of sp³-hybridized carbons (Fsp3) is 0.312. The monoisotopic (exact) mass is 349 g/mol. The van der Waals surface area contributed by atoms with E-state index in [1.807, 2.05) is 19.1 Å². The van der Waals surface area contributed by atoms with E-state index in [0.29, 0.717) is 29.5 Å². The van der Waals surface area contributed by atoms with Gasteiger partial charge in [-0.2, -0.15) is 0 Å². The highest BCUT2D eigenvalue weighted by Gasteiger charge is 2.36. The molecule has 1 atom stereocenters. The summed E-state index contributed by atoms with van der Waals surface area (Å²) in [6.07, 6.45) is 2.64. The minimum absolute atomic E-state index is 0.00424. The SMILES string of the molecule is Cc1cnc(NC(=O)[C@@H]2CCC(=O)N2Cc2ccc(Cl)cc2)s1. The Morgan fingerprint density at radius 2 is 2.17 bits per heavy atom. The molecule has 5 nitrogen and oxygen atoms in total. The van der Waals surface area contributed by atoms with Crippen molar-refractivity contribution in [1.29, 1.82) is 0 Å². The molecular weight excluding hydrogens is 334 g/mol. The number of aryl methyl sites for hydroxylation is 1. The Labute approximate surface area is 143 Å². The van der Waals surface area contributed by atoms with Gasteiger partial charge in [0.2, 0.25) is 11.8 Å². The number of rotatable bonds is 4. The third kappa shape index (κ3) is 3.71. The summed E-state index contributed by atoms with van der Waals surface area (Å²) in [7, 11) is 0. The molecule has 120 valence electrons. The van der Waals surface area contributed by atoms with Gasteiger partial charge in [0.1, 0.15) is 6.04 Å². The first-order chi connectivity index (χ1) is 11.0. The number of anilines is 1. The van der Waals surface area contributed by atoms with Crippen LogP contribution in [-0.4, -0.2) is 27.7 Å². The molecule has 1 N–H and O–H groups in total. The first kappa shape index (κ1) is 16.0. The molecule has 2 amide bonds. The summed E-state index contributed by atoms with van der Waals surface area (Å²) in [5, 5.41) is 4.02. The molecule has 0 spiro atoms. The minimum Gasteiger partial charge on any atom is -0.326 e. The summed E-state index contributed by atoms with van der Waals surface area (Å²) < 4.78 is 0. The van der Waals surface area contributed by atoms with Crippen LogP contribution in [0.1, 0.15) is 23.3 Å². The van der Waals surface area contributed by atoms with Gasteiger partial charge in [-0.05, 0) is 31.0 Å². The Kier molecular flexibility index (Phi) is 4.63. The van der Waals surface area contributed by atoms with Gasteiger partial charge in [-0.1, -0.05) is 23.7 Å². The number of amides is 2. The average Bonchev–Trinajstić information content (AvgIpc) is 3.08. The molecule has 0 unspecified atom stereocenters. The molecule has 1 aromatic carbocycles. The molecule has 1 saturated heterocycles. The summed E-state index contributed by atoms with van der Waals surface area (Å²) in [6.45, 7) is 2.34. The lowest BCUT2D eigenvalue weighted by atomic mass is 10.1. The third-order valence-electron chi connectivity index (χ3n) is 3.75. The van der Waals surface area contributed by atoms with Crippen LogP contribution in [0.15, 0.2) is 30.5 Å². The number of hydrogen-bond donors (Lipinski definition) is 1. The Morgan fingerprint density at radius 3 is 2.83 bits per heavy atom. The second-order valence-electron chi connectivity index (χ2n) is 5.47. The lowest BCUT2D eigenvalue weighted by molar-refractivity contribution is -0.133. The molecule has 7 heteroatoms. The molecule has 0 bridgehead atoms. The lowest BCUT2D eigenvalue weighted by Gasteiger charge is -2.23. The number of halogens is 1. The van der Waals surface area contributed by atoms with E-state index in [0.717, 1.165) is 10.4 Å². The van der Waals surface area contributed by atoms with E-state index in [2.05, 4.69) is 10.3 Å². The normalized spacial score (nSPS) is 17.6. The molecular formula is C16H16ClN3O2S. The number of carbonyl (C=O) groups is 2. The highest BCUT2D eigenvalue weighted by molar-refractivity contribution is 7.15. The molecule has 0 radical (unpaired) electrons. The van der Waals surface area contributed by atoms with Crippen LogP contribution in [0.5, 0.6) is 0 Å². The number of likely N-dealkylation sites (tertiary alicyclic amines) is 1. The predicted molar refractivity (Wildman–Crippen MR) is 90.5 cm³/mol. The van der Waals surface area contributed by atoms with Gasteiger partial charge >= 0.3 is 0 Å². The van der Waals surface area contributed by atoms with Crippen LogP contribution in [0.3, 0.4) is 0 Å². The number of aromatic nitrogens is 1. The molecule has 3 rings (SSSR count). The van der Waals surface area contributed by atoms with Gasteiger partial charge < -0.3 is 10.2 Å². The fourth-order valence-electron chi connectivity index (χ4n) is 2.59. The van der Waals surface area contributed by atoms with Crippen LogP contribution in [0.25, 0.3) is 0 Å². The summed E-state index contributed by atoms with van der Waals surface area (Å²) in [4.78, 5) is 31.4.